The molecule has 2 aliphatic carbocycles. The summed E-state index contributed by atoms with van der Waals surface area (Å²) in [5.41, 5.74) is 4.29. The van der Waals surface area contributed by atoms with E-state index in [1.807, 2.05) is 19.1 Å². The predicted molar refractivity (Wildman–Crippen MR) is 95.9 cm³/mol. The van der Waals surface area contributed by atoms with E-state index in [1.165, 1.54) is 0 Å². The van der Waals surface area contributed by atoms with E-state index in [1.54, 1.807) is 6.20 Å². The monoisotopic (exact) mass is 361 g/mol. The molecule has 7 nitrogen and oxygen atoms in total. The van der Waals surface area contributed by atoms with E-state index in [0.717, 1.165) is 29.0 Å². The maximum atomic E-state index is 11.9. The third-order valence-electron chi connectivity index (χ3n) is 4.94. The second kappa shape index (κ2) is 6.23. The van der Waals surface area contributed by atoms with E-state index < -0.39 is 17.1 Å². The molecule has 9 heteroatoms. The van der Waals surface area contributed by atoms with Crippen LogP contribution in [0.25, 0.3) is 6.08 Å². The molecule has 1 saturated carbocycles. The number of nitrogens with zero attached hydrogens (tertiary/aromatic N) is 2. The number of sulfonamides is 1. The first-order chi connectivity index (χ1) is 12.0. The third kappa shape index (κ3) is 3.00. The summed E-state index contributed by atoms with van der Waals surface area (Å²) in [7, 11) is -4.31. The Morgan fingerprint density at radius 1 is 1.44 bits per heavy atom. The lowest BCUT2D eigenvalue weighted by molar-refractivity contribution is 0.267. The Labute approximate surface area is 147 Å². The van der Waals surface area contributed by atoms with Gasteiger partial charge in [-0.05, 0) is 19.3 Å². The van der Waals surface area contributed by atoms with Crippen molar-refractivity contribution < 1.29 is 18.2 Å². The molecule has 0 unspecified atom stereocenters. The Bertz CT molecular complexity index is 862. The summed E-state index contributed by atoms with van der Waals surface area (Å²) in [6.45, 7) is 1.85. The van der Waals surface area contributed by atoms with E-state index in [2.05, 4.69) is 14.9 Å². The highest BCUT2D eigenvalue weighted by Crippen LogP contribution is 2.35. The van der Waals surface area contributed by atoms with Crippen LogP contribution in [-0.4, -0.2) is 43.1 Å². The van der Waals surface area contributed by atoms with Crippen LogP contribution >= 0.6 is 0 Å². The Morgan fingerprint density at radius 3 is 3.00 bits per heavy atom. The van der Waals surface area contributed by atoms with Crippen LogP contribution in [-0.2, 0) is 21.2 Å². The first kappa shape index (κ1) is 16.7. The van der Waals surface area contributed by atoms with Crippen LogP contribution in [0.5, 0.6) is 0 Å². The van der Waals surface area contributed by atoms with Gasteiger partial charge in [0.2, 0.25) is 10.0 Å². The van der Waals surface area contributed by atoms with Crippen molar-refractivity contribution in [2.75, 3.05) is 5.75 Å². The molecule has 1 aromatic rings. The SMILES string of the molecule is CCCS(=O)(=O)NC1CC(C2=NOB(O)c3cnc4c(c32)C=CC4)C1. The molecule has 0 radical (unpaired) electrons. The first-order valence-electron chi connectivity index (χ1n) is 8.59. The van der Waals surface area contributed by atoms with Gasteiger partial charge >= 0.3 is 7.12 Å². The summed E-state index contributed by atoms with van der Waals surface area (Å²) in [6.07, 6.45) is 8.44. The molecule has 0 bridgehead atoms. The van der Waals surface area contributed by atoms with Gasteiger partial charge in [0, 0.05) is 41.2 Å². The molecular formula is C16H20BN3O4S. The topological polar surface area (TPSA) is 101 Å². The number of hydrogen-bond acceptors (Lipinski definition) is 6. The van der Waals surface area contributed by atoms with Crippen LogP contribution in [0.1, 0.15) is 43.0 Å². The molecule has 132 valence electrons. The quantitative estimate of drug-likeness (QED) is 0.729. The molecule has 1 aromatic heterocycles. The van der Waals surface area contributed by atoms with E-state index in [4.69, 9.17) is 4.76 Å². The summed E-state index contributed by atoms with van der Waals surface area (Å²) in [6, 6.07) is -0.0648. The fourth-order valence-corrected chi connectivity index (χ4v) is 5.05. The van der Waals surface area contributed by atoms with E-state index >= 15 is 0 Å². The number of pyridine rings is 1. The zero-order valence-corrected chi connectivity index (χ0v) is 14.8. The van der Waals surface area contributed by atoms with Gasteiger partial charge in [-0.15, -0.1) is 5.16 Å². The van der Waals surface area contributed by atoms with Crippen molar-refractivity contribution in [3.8, 4) is 0 Å². The number of fused-ring (bicyclic) bond motifs is 3. The minimum absolute atomic E-state index is 0.0648. The molecule has 2 heterocycles. The fraction of sp³-hybridized carbons (Fsp3) is 0.500. The number of hydrogen-bond donors (Lipinski definition) is 2. The van der Waals surface area contributed by atoms with Crippen LogP contribution in [0.3, 0.4) is 0 Å². The fourth-order valence-electron chi connectivity index (χ4n) is 3.69. The van der Waals surface area contributed by atoms with Crippen LogP contribution < -0.4 is 10.2 Å². The predicted octanol–water partition coefficient (Wildman–Crippen LogP) is 0.181. The van der Waals surface area contributed by atoms with Crippen LogP contribution in [0.4, 0.5) is 0 Å². The van der Waals surface area contributed by atoms with Gasteiger partial charge in [0.15, 0.2) is 0 Å². The lowest BCUT2D eigenvalue weighted by atomic mass is 9.68. The molecule has 0 spiro atoms. The average Bonchev–Trinajstić information content (AvgIpc) is 3.00. The van der Waals surface area contributed by atoms with E-state index in [9.17, 15) is 13.4 Å². The average molecular weight is 361 g/mol. The van der Waals surface area contributed by atoms with E-state index in [-0.39, 0.29) is 17.7 Å². The number of oxime groups is 1. The highest BCUT2D eigenvalue weighted by molar-refractivity contribution is 7.89. The van der Waals surface area contributed by atoms with Crippen LogP contribution in [0.2, 0.25) is 0 Å². The second-order valence-electron chi connectivity index (χ2n) is 6.79. The number of allylic oxidation sites excluding steroid dienone is 1. The van der Waals surface area contributed by atoms with Crippen molar-refractivity contribution >= 4 is 34.4 Å². The van der Waals surface area contributed by atoms with Gasteiger partial charge in [0.25, 0.3) is 0 Å². The lowest BCUT2D eigenvalue weighted by Crippen LogP contribution is -2.50. The van der Waals surface area contributed by atoms with E-state index in [0.29, 0.717) is 24.7 Å². The van der Waals surface area contributed by atoms with Crippen LogP contribution in [0, 0.1) is 5.92 Å². The molecule has 4 rings (SSSR count). The first-order valence-corrected chi connectivity index (χ1v) is 10.2. The maximum absolute atomic E-state index is 11.9. The number of rotatable bonds is 5. The summed E-state index contributed by atoms with van der Waals surface area (Å²) in [5.74, 6) is 0.262. The van der Waals surface area contributed by atoms with Crippen molar-refractivity contribution in [3.63, 3.8) is 0 Å². The van der Waals surface area contributed by atoms with Crippen molar-refractivity contribution in [3.05, 3.63) is 29.1 Å². The third-order valence-corrected chi connectivity index (χ3v) is 6.58. The molecule has 0 aromatic carbocycles. The standard InChI is InChI=1S/C16H20BN3O4S/c1-2-6-25(22,23)20-11-7-10(8-11)16-15-12-4-3-5-14(12)18-9-13(15)17(21)24-19-16/h3-4,9-11,20-21H,2,5-8H2,1H3. The van der Waals surface area contributed by atoms with Gasteiger partial charge in [-0.1, -0.05) is 19.1 Å². The number of aromatic nitrogens is 1. The Balaban J connectivity index is 1.55. The molecule has 1 fully saturated rings. The normalized spacial score (nSPS) is 24.2. The van der Waals surface area contributed by atoms with Crippen molar-refractivity contribution in [1.29, 1.82) is 0 Å². The molecule has 1 aliphatic heterocycles. The molecule has 0 saturated heterocycles. The molecular weight excluding hydrogens is 341 g/mol. The van der Waals surface area contributed by atoms with Gasteiger partial charge in [-0.25, -0.2) is 13.1 Å². The summed E-state index contributed by atoms with van der Waals surface area (Å²) in [4.78, 5) is 4.40. The van der Waals surface area contributed by atoms with Gasteiger partial charge in [0.05, 0.1) is 17.2 Å². The lowest BCUT2D eigenvalue weighted by Gasteiger charge is -2.37. The molecule has 25 heavy (non-hydrogen) atoms. The molecule has 2 N–H and O–H groups in total. The van der Waals surface area contributed by atoms with Gasteiger partial charge < -0.3 is 9.78 Å². The highest BCUT2D eigenvalue weighted by Gasteiger charge is 2.41. The van der Waals surface area contributed by atoms with Gasteiger partial charge in [-0.3, -0.25) is 4.98 Å². The Morgan fingerprint density at radius 2 is 2.24 bits per heavy atom. The Kier molecular flexibility index (Phi) is 4.17. The molecule has 0 amide bonds. The maximum Gasteiger partial charge on any atom is 0.585 e. The molecule has 3 aliphatic rings. The summed E-state index contributed by atoms with van der Waals surface area (Å²) in [5, 5.41) is 14.2. The smallest absolute Gasteiger partial charge is 0.427 e. The van der Waals surface area contributed by atoms with Crippen LogP contribution in [0.15, 0.2) is 17.4 Å². The van der Waals surface area contributed by atoms with Crippen molar-refractivity contribution in [2.24, 2.45) is 11.1 Å². The second-order valence-corrected chi connectivity index (χ2v) is 8.67. The zero-order valence-electron chi connectivity index (χ0n) is 14.0. The summed E-state index contributed by atoms with van der Waals surface area (Å²) < 4.78 is 31.7. The minimum atomic E-state index is -3.21. The molecule has 0 atom stereocenters. The Hall–Kier alpha value is -1.71. The highest BCUT2D eigenvalue weighted by atomic mass is 32.2. The van der Waals surface area contributed by atoms with Gasteiger partial charge in [0.1, 0.15) is 0 Å². The largest absolute Gasteiger partial charge is 0.585 e. The van der Waals surface area contributed by atoms with Crippen molar-refractivity contribution in [2.45, 2.75) is 38.6 Å². The number of nitrogens with one attached hydrogen (secondary N) is 1. The zero-order chi connectivity index (χ0) is 17.6. The van der Waals surface area contributed by atoms with Gasteiger partial charge in [-0.2, -0.15) is 0 Å². The summed E-state index contributed by atoms with van der Waals surface area (Å²) >= 11 is 0. The minimum Gasteiger partial charge on any atom is -0.427 e. The van der Waals surface area contributed by atoms with Crippen molar-refractivity contribution in [1.82, 2.24) is 9.71 Å².